The Morgan fingerprint density at radius 3 is 2.61 bits per heavy atom. The van der Waals surface area contributed by atoms with E-state index in [9.17, 15) is 18.8 Å². The number of benzene rings is 2. The van der Waals surface area contributed by atoms with E-state index in [1.165, 1.54) is 19.3 Å². The van der Waals surface area contributed by atoms with Gasteiger partial charge in [0, 0.05) is 11.6 Å². The van der Waals surface area contributed by atoms with Crippen molar-refractivity contribution in [1.82, 2.24) is 10.2 Å². The molecule has 0 aromatic heterocycles. The first kappa shape index (κ1) is 23.0. The fourth-order valence-electron chi connectivity index (χ4n) is 4.06. The molecule has 1 aliphatic heterocycles. The monoisotopic (exact) mass is 516 g/mol. The molecule has 2 fully saturated rings. The highest BCUT2D eigenvalue weighted by atomic mass is 79.9. The van der Waals surface area contributed by atoms with Gasteiger partial charge in [0.05, 0.1) is 11.6 Å². The van der Waals surface area contributed by atoms with Crippen LogP contribution in [0.4, 0.5) is 9.18 Å². The molecule has 1 saturated heterocycles. The Balaban J connectivity index is 1.61. The second-order valence-corrected chi connectivity index (χ2v) is 8.70. The number of nitrogens with zero attached hydrogens (tertiary/aromatic N) is 1. The molecular weight excluding hydrogens is 495 g/mol. The maximum atomic E-state index is 13.9. The van der Waals surface area contributed by atoms with Crippen LogP contribution in [0.25, 0.3) is 6.08 Å². The Bertz CT molecular complexity index is 1140. The summed E-state index contributed by atoms with van der Waals surface area (Å²) < 4.78 is 25.6. The number of ether oxygens (including phenoxy) is 2. The second-order valence-electron chi connectivity index (χ2n) is 7.84. The van der Waals surface area contributed by atoms with Gasteiger partial charge in [0.15, 0.2) is 11.5 Å². The molecule has 7 nitrogen and oxygen atoms in total. The van der Waals surface area contributed by atoms with Crippen LogP contribution in [0, 0.1) is 5.82 Å². The van der Waals surface area contributed by atoms with E-state index >= 15 is 0 Å². The van der Waals surface area contributed by atoms with Crippen LogP contribution in [0.15, 0.2) is 46.4 Å². The van der Waals surface area contributed by atoms with E-state index in [-0.39, 0.29) is 24.0 Å². The first-order chi connectivity index (χ1) is 15.9. The summed E-state index contributed by atoms with van der Waals surface area (Å²) in [5.74, 6) is -1.04. The quantitative estimate of drug-likeness (QED) is 0.448. The highest BCUT2D eigenvalue weighted by Gasteiger charge is 2.40. The SMILES string of the molecule is COc1cc(/C=C2\C(=O)NC(=O)N(C3CCCC3)C2=O)cc(Br)c1OCc1ccccc1F. The number of barbiturate groups is 1. The third-order valence-electron chi connectivity index (χ3n) is 5.72. The predicted molar refractivity (Wildman–Crippen MR) is 122 cm³/mol. The van der Waals surface area contributed by atoms with Crippen molar-refractivity contribution >= 4 is 39.9 Å². The van der Waals surface area contributed by atoms with Gasteiger partial charge in [-0.3, -0.25) is 19.8 Å². The van der Waals surface area contributed by atoms with Gasteiger partial charge in [0.2, 0.25) is 0 Å². The number of imide groups is 2. The Morgan fingerprint density at radius 2 is 1.91 bits per heavy atom. The van der Waals surface area contributed by atoms with Crippen molar-refractivity contribution < 1.29 is 28.2 Å². The lowest BCUT2D eigenvalue weighted by Gasteiger charge is -2.31. The van der Waals surface area contributed by atoms with Gasteiger partial charge in [-0.05, 0) is 58.6 Å². The average Bonchev–Trinajstić information content (AvgIpc) is 3.30. The summed E-state index contributed by atoms with van der Waals surface area (Å²) in [4.78, 5) is 38.9. The maximum absolute atomic E-state index is 13.9. The predicted octanol–water partition coefficient (Wildman–Crippen LogP) is 4.58. The lowest BCUT2D eigenvalue weighted by Crippen LogP contribution is -2.57. The Labute approximate surface area is 198 Å². The second kappa shape index (κ2) is 9.74. The summed E-state index contributed by atoms with van der Waals surface area (Å²) in [6.45, 7) is -0.0125. The summed E-state index contributed by atoms with van der Waals surface area (Å²) >= 11 is 3.42. The standard InChI is InChI=1S/C24H22BrFN2O5/c1-32-20-12-14(11-18(25)21(20)33-13-15-6-2-5-9-19(15)26)10-17-22(29)27-24(31)28(23(17)30)16-7-3-4-8-16/h2,5-6,9-12,16H,3-4,7-8,13H2,1H3,(H,27,29,31)/b17-10+. The molecule has 0 spiro atoms. The van der Waals surface area contributed by atoms with Gasteiger partial charge in [0.25, 0.3) is 11.8 Å². The van der Waals surface area contributed by atoms with Gasteiger partial charge in [-0.2, -0.15) is 0 Å². The summed E-state index contributed by atoms with van der Waals surface area (Å²) in [5.41, 5.74) is 0.755. The van der Waals surface area contributed by atoms with Crippen LogP contribution in [0.5, 0.6) is 11.5 Å². The minimum Gasteiger partial charge on any atom is -0.493 e. The van der Waals surface area contributed by atoms with Crippen molar-refractivity contribution in [2.75, 3.05) is 7.11 Å². The van der Waals surface area contributed by atoms with E-state index in [2.05, 4.69) is 21.2 Å². The van der Waals surface area contributed by atoms with Crippen molar-refractivity contribution in [3.05, 3.63) is 63.4 Å². The number of hydrogen-bond acceptors (Lipinski definition) is 5. The summed E-state index contributed by atoms with van der Waals surface area (Å²) in [5, 5.41) is 2.26. The van der Waals surface area contributed by atoms with Gasteiger partial charge in [0.1, 0.15) is 18.0 Å². The molecule has 172 valence electrons. The highest BCUT2D eigenvalue weighted by molar-refractivity contribution is 9.10. The molecule has 1 aliphatic carbocycles. The lowest BCUT2D eigenvalue weighted by atomic mass is 10.0. The molecule has 1 N–H and O–H groups in total. The topological polar surface area (TPSA) is 84.9 Å². The first-order valence-electron chi connectivity index (χ1n) is 10.5. The van der Waals surface area contributed by atoms with Crippen molar-refractivity contribution in [3.63, 3.8) is 0 Å². The van der Waals surface area contributed by atoms with E-state index in [1.807, 2.05) is 0 Å². The highest BCUT2D eigenvalue weighted by Crippen LogP contribution is 2.38. The summed E-state index contributed by atoms with van der Waals surface area (Å²) in [6.07, 6.45) is 4.75. The number of rotatable bonds is 6. The number of carbonyl (C=O) groups excluding carboxylic acids is 3. The molecule has 0 radical (unpaired) electrons. The van der Waals surface area contributed by atoms with E-state index in [4.69, 9.17) is 9.47 Å². The molecule has 2 aliphatic rings. The molecule has 2 aromatic rings. The van der Waals surface area contributed by atoms with Crippen molar-refractivity contribution in [1.29, 1.82) is 0 Å². The molecule has 0 atom stereocenters. The molecular formula is C24H22BrFN2O5. The van der Waals surface area contributed by atoms with Crippen LogP contribution in [0.1, 0.15) is 36.8 Å². The largest absolute Gasteiger partial charge is 0.493 e. The molecule has 2 aromatic carbocycles. The molecule has 4 amide bonds. The van der Waals surface area contributed by atoms with Crippen LogP contribution in [0.3, 0.4) is 0 Å². The van der Waals surface area contributed by atoms with Crippen molar-refractivity contribution in [2.24, 2.45) is 0 Å². The van der Waals surface area contributed by atoms with Crippen LogP contribution in [0.2, 0.25) is 0 Å². The Kier molecular flexibility index (Phi) is 6.78. The number of halogens is 2. The number of carbonyl (C=O) groups is 3. The van der Waals surface area contributed by atoms with Crippen LogP contribution >= 0.6 is 15.9 Å². The normalized spacial score (nSPS) is 18.1. The zero-order valence-electron chi connectivity index (χ0n) is 17.9. The molecule has 1 heterocycles. The van der Waals surface area contributed by atoms with E-state index in [1.54, 1.807) is 30.3 Å². The number of methoxy groups -OCH3 is 1. The third kappa shape index (κ3) is 4.78. The van der Waals surface area contributed by atoms with Gasteiger partial charge in [-0.15, -0.1) is 0 Å². The zero-order valence-corrected chi connectivity index (χ0v) is 19.5. The molecule has 9 heteroatoms. The fourth-order valence-corrected chi connectivity index (χ4v) is 4.63. The molecule has 33 heavy (non-hydrogen) atoms. The van der Waals surface area contributed by atoms with Crippen molar-refractivity contribution in [2.45, 2.75) is 38.3 Å². The number of hydrogen-bond donors (Lipinski definition) is 1. The minimum atomic E-state index is -0.741. The van der Waals surface area contributed by atoms with Gasteiger partial charge < -0.3 is 9.47 Å². The van der Waals surface area contributed by atoms with Crippen molar-refractivity contribution in [3.8, 4) is 11.5 Å². The van der Waals surface area contributed by atoms with Crippen LogP contribution < -0.4 is 14.8 Å². The minimum absolute atomic E-state index is 0.0125. The first-order valence-corrected chi connectivity index (χ1v) is 11.3. The Hall–Kier alpha value is -3.20. The maximum Gasteiger partial charge on any atom is 0.331 e. The number of urea groups is 1. The number of amides is 4. The smallest absolute Gasteiger partial charge is 0.331 e. The summed E-state index contributed by atoms with van der Waals surface area (Å²) in [7, 11) is 1.45. The van der Waals surface area contributed by atoms with Gasteiger partial charge in [-0.1, -0.05) is 31.0 Å². The van der Waals surface area contributed by atoms with E-state index in [0.29, 0.717) is 27.1 Å². The van der Waals surface area contributed by atoms with E-state index < -0.39 is 17.8 Å². The van der Waals surface area contributed by atoms with Crippen LogP contribution in [-0.2, 0) is 16.2 Å². The average molecular weight is 517 g/mol. The van der Waals surface area contributed by atoms with Crippen LogP contribution in [-0.4, -0.2) is 35.9 Å². The lowest BCUT2D eigenvalue weighted by molar-refractivity contribution is -0.131. The Morgan fingerprint density at radius 1 is 1.18 bits per heavy atom. The molecule has 4 rings (SSSR count). The zero-order chi connectivity index (χ0) is 23.5. The third-order valence-corrected chi connectivity index (χ3v) is 6.30. The van der Waals surface area contributed by atoms with Gasteiger partial charge in [-0.25, -0.2) is 9.18 Å². The summed E-state index contributed by atoms with van der Waals surface area (Å²) in [6, 6.07) is 8.67. The van der Waals surface area contributed by atoms with Gasteiger partial charge >= 0.3 is 6.03 Å². The van der Waals surface area contributed by atoms with E-state index in [0.717, 1.165) is 30.6 Å². The molecule has 0 bridgehead atoms. The number of nitrogens with one attached hydrogen (secondary N) is 1. The fraction of sp³-hybridized carbons (Fsp3) is 0.292. The molecule has 0 unspecified atom stereocenters. The molecule has 1 saturated carbocycles.